The highest BCUT2D eigenvalue weighted by Gasteiger charge is 2.35. The number of nitrogens with zero attached hydrogens (tertiary/aromatic N) is 2. The van der Waals surface area contributed by atoms with Gasteiger partial charge in [0.2, 0.25) is 11.8 Å². The fourth-order valence-corrected chi connectivity index (χ4v) is 4.00. The summed E-state index contributed by atoms with van der Waals surface area (Å²) in [5.41, 5.74) is 5.54. The number of aryl methyl sites for hydroxylation is 1. The van der Waals surface area contributed by atoms with E-state index in [4.69, 9.17) is 16.3 Å². The summed E-state index contributed by atoms with van der Waals surface area (Å²) in [5, 5.41) is 4.33. The number of benzene rings is 3. The van der Waals surface area contributed by atoms with Crippen LogP contribution in [0.25, 0.3) is 0 Å². The molecular weight excluding hydrogens is 469 g/mol. The lowest BCUT2D eigenvalue weighted by Crippen LogP contribution is -2.30. The van der Waals surface area contributed by atoms with Gasteiger partial charge < -0.3 is 9.64 Å². The molecule has 0 bridgehead atoms. The minimum Gasteiger partial charge on any atom is -0.489 e. The van der Waals surface area contributed by atoms with E-state index in [0.29, 0.717) is 22.9 Å². The number of carbonyl (C=O) groups is 2. The fourth-order valence-electron chi connectivity index (χ4n) is 3.78. The van der Waals surface area contributed by atoms with Crippen LogP contribution in [0.5, 0.6) is 5.75 Å². The van der Waals surface area contributed by atoms with Crippen molar-refractivity contribution in [2.75, 3.05) is 11.4 Å². The molecule has 1 heterocycles. The van der Waals surface area contributed by atoms with Crippen molar-refractivity contribution in [1.82, 2.24) is 5.43 Å². The molecule has 0 radical (unpaired) electrons. The molecule has 1 fully saturated rings. The van der Waals surface area contributed by atoms with Gasteiger partial charge in [-0.25, -0.2) is 9.82 Å². The first-order valence-corrected chi connectivity index (χ1v) is 11.7. The maximum atomic E-state index is 13.9. The number of hydrogen-bond donors (Lipinski definition) is 1. The van der Waals surface area contributed by atoms with Gasteiger partial charge in [0, 0.05) is 24.2 Å². The molecule has 0 unspecified atom stereocenters. The van der Waals surface area contributed by atoms with Gasteiger partial charge in [0.1, 0.15) is 18.2 Å². The first-order valence-electron chi connectivity index (χ1n) is 11.3. The van der Waals surface area contributed by atoms with Gasteiger partial charge in [-0.1, -0.05) is 36.7 Å². The Bertz CT molecular complexity index is 1210. The summed E-state index contributed by atoms with van der Waals surface area (Å²) in [4.78, 5) is 26.6. The first-order chi connectivity index (χ1) is 16.9. The van der Waals surface area contributed by atoms with Gasteiger partial charge in [-0.05, 0) is 66.1 Å². The summed E-state index contributed by atoms with van der Waals surface area (Å²) in [5.74, 6) is -0.721. The van der Waals surface area contributed by atoms with Crippen molar-refractivity contribution in [2.45, 2.75) is 26.4 Å². The van der Waals surface area contributed by atoms with Gasteiger partial charge >= 0.3 is 0 Å². The molecule has 3 aromatic carbocycles. The molecule has 1 N–H and O–H groups in total. The smallest absolute Gasteiger partial charge is 0.245 e. The van der Waals surface area contributed by atoms with Gasteiger partial charge in [0.15, 0.2) is 0 Å². The number of carbonyl (C=O) groups excluding carboxylic acids is 2. The van der Waals surface area contributed by atoms with Crippen molar-refractivity contribution in [1.29, 1.82) is 0 Å². The fraction of sp³-hybridized carbons (Fsp3) is 0.222. The van der Waals surface area contributed by atoms with Crippen LogP contribution in [0, 0.1) is 11.7 Å². The molecule has 0 aromatic heterocycles. The molecule has 180 valence electrons. The third kappa shape index (κ3) is 6.05. The predicted octanol–water partition coefficient (Wildman–Crippen LogP) is 5.12. The zero-order valence-corrected chi connectivity index (χ0v) is 20.0. The Morgan fingerprint density at radius 3 is 2.60 bits per heavy atom. The summed E-state index contributed by atoms with van der Waals surface area (Å²) in [6.45, 7) is 2.41. The highest BCUT2D eigenvalue weighted by Crippen LogP contribution is 2.26. The standard InChI is InChI=1S/C27H25ClFN3O3/c1-2-18-6-10-21(11-7-18)32-16-20(14-26(32)33)27(34)31-30-15-19-8-12-22(13-9-19)35-17-23-24(28)4-3-5-25(23)29/h3-13,15,20H,2,14,16-17H2,1H3,(H,31,34)/b30-15+/t20-/m1/s1. The van der Waals surface area contributed by atoms with Gasteiger partial charge in [-0.3, -0.25) is 9.59 Å². The number of hydrogen-bond acceptors (Lipinski definition) is 4. The molecule has 1 aliphatic heterocycles. The van der Waals surface area contributed by atoms with Crippen LogP contribution in [-0.4, -0.2) is 24.6 Å². The molecule has 2 amide bonds. The van der Waals surface area contributed by atoms with Crippen molar-refractivity contribution in [2.24, 2.45) is 11.0 Å². The molecule has 1 aliphatic rings. The third-order valence-corrected chi connectivity index (χ3v) is 6.22. The summed E-state index contributed by atoms with van der Waals surface area (Å²) in [7, 11) is 0. The Kier molecular flexibility index (Phi) is 7.77. The molecule has 0 spiro atoms. The van der Waals surface area contributed by atoms with E-state index < -0.39 is 11.7 Å². The molecule has 4 rings (SSSR count). The number of rotatable bonds is 8. The number of anilines is 1. The number of nitrogens with one attached hydrogen (secondary N) is 1. The van der Waals surface area contributed by atoms with Crippen molar-refractivity contribution < 1.29 is 18.7 Å². The second kappa shape index (κ2) is 11.1. The maximum Gasteiger partial charge on any atom is 0.245 e. The van der Waals surface area contributed by atoms with Gasteiger partial charge in [0.25, 0.3) is 0 Å². The lowest BCUT2D eigenvalue weighted by Gasteiger charge is -2.16. The normalized spacial score (nSPS) is 15.6. The van der Waals surface area contributed by atoms with Crippen LogP contribution in [0.2, 0.25) is 5.02 Å². The van der Waals surface area contributed by atoms with E-state index in [1.165, 1.54) is 17.8 Å². The average Bonchev–Trinajstić information content (AvgIpc) is 3.26. The van der Waals surface area contributed by atoms with E-state index in [1.807, 2.05) is 24.3 Å². The summed E-state index contributed by atoms with van der Waals surface area (Å²) in [6, 6.07) is 19.2. The summed E-state index contributed by atoms with van der Waals surface area (Å²) in [6.07, 6.45) is 2.58. The van der Waals surface area contributed by atoms with E-state index in [9.17, 15) is 14.0 Å². The monoisotopic (exact) mass is 493 g/mol. The maximum absolute atomic E-state index is 13.9. The zero-order chi connectivity index (χ0) is 24.8. The number of hydrazone groups is 1. The third-order valence-electron chi connectivity index (χ3n) is 5.87. The molecule has 8 heteroatoms. The summed E-state index contributed by atoms with van der Waals surface area (Å²) >= 11 is 6.02. The number of halogens is 2. The van der Waals surface area contributed by atoms with E-state index in [-0.39, 0.29) is 24.8 Å². The quantitative estimate of drug-likeness (QED) is 0.349. The Morgan fingerprint density at radius 2 is 1.91 bits per heavy atom. The Morgan fingerprint density at radius 1 is 1.17 bits per heavy atom. The minimum atomic E-state index is -0.466. The van der Waals surface area contributed by atoms with Crippen LogP contribution in [0.15, 0.2) is 71.8 Å². The molecule has 35 heavy (non-hydrogen) atoms. The van der Waals surface area contributed by atoms with Crippen LogP contribution in [0.1, 0.15) is 30.0 Å². The van der Waals surface area contributed by atoms with Crippen LogP contribution in [-0.2, 0) is 22.6 Å². The van der Waals surface area contributed by atoms with Gasteiger partial charge in [-0.2, -0.15) is 5.10 Å². The zero-order valence-electron chi connectivity index (χ0n) is 19.2. The van der Waals surface area contributed by atoms with Crippen molar-refractivity contribution >= 4 is 35.3 Å². The number of amides is 2. The molecule has 0 aliphatic carbocycles. The van der Waals surface area contributed by atoms with E-state index in [1.54, 1.807) is 41.3 Å². The van der Waals surface area contributed by atoms with Crippen molar-refractivity contribution in [3.8, 4) is 5.75 Å². The Balaban J connectivity index is 1.28. The predicted molar refractivity (Wildman–Crippen MR) is 134 cm³/mol. The van der Waals surface area contributed by atoms with Crippen molar-refractivity contribution in [3.05, 3.63) is 94.3 Å². The topological polar surface area (TPSA) is 71.0 Å². The van der Waals surface area contributed by atoms with Crippen molar-refractivity contribution in [3.63, 3.8) is 0 Å². The molecule has 6 nitrogen and oxygen atoms in total. The Hall–Kier alpha value is -3.71. The lowest BCUT2D eigenvalue weighted by atomic mass is 10.1. The largest absolute Gasteiger partial charge is 0.489 e. The molecule has 3 aromatic rings. The van der Waals surface area contributed by atoms with E-state index in [2.05, 4.69) is 17.5 Å². The summed E-state index contributed by atoms with van der Waals surface area (Å²) < 4.78 is 19.5. The molecule has 0 saturated carbocycles. The van der Waals surface area contributed by atoms with Gasteiger partial charge in [-0.15, -0.1) is 0 Å². The highest BCUT2D eigenvalue weighted by molar-refractivity contribution is 6.31. The second-order valence-corrected chi connectivity index (χ2v) is 8.62. The van der Waals surface area contributed by atoms with Crippen LogP contribution in [0.3, 0.4) is 0 Å². The van der Waals surface area contributed by atoms with Crippen LogP contribution >= 0.6 is 11.6 Å². The average molecular weight is 494 g/mol. The number of ether oxygens (including phenoxy) is 1. The Labute approximate surface area is 208 Å². The molecular formula is C27H25ClFN3O3. The van der Waals surface area contributed by atoms with E-state index in [0.717, 1.165) is 17.7 Å². The van der Waals surface area contributed by atoms with E-state index >= 15 is 0 Å². The minimum absolute atomic E-state index is 0.00880. The van der Waals surface area contributed by atoms with Gasteiger partial charge in [0.05, 0.1) is 17.2 Å². The highest BCUT2D eigenvalue weighted by atomic mass is 35.5. The lowest BCUT2D eigenvalue weighted by molar-refractivity contribution is -0.126. The first kappa shape index (κ1) is 24.4. The molecule has 1 atom stereocenters. The second-order valence-electron chi connectivity index (χ2n) is 8.22. The SMILES string of the molecule is CCc1ccc(N2C[C@H](C(=O)N/N=C/c3ccc(OCc4c(F)cccc4Cl)cc3)CC2=O)cc1. The molecule has 1 saturated heterocycles. The van der Waals surface area contributed by atoms with Crippen LogP contribution in [0.4, 0.5) is 10.1 Å². The van der Waals surface area contributed by atoms with Crippen LogP contribution < -0.4 is 15.1 Å².